The van der Waals surface area contributed by atoms with Crippen LogP contribution in [0.4, 0.5) is 74.6 Å². The van der Waals surface area contributed by atoms with E-state index >= 15 is 0 Å². The second kappa shape index (κ2) is 8.01. The van der Waals surface area contributed by atoms with Crippen molar-refractivity contribution < 1.29 is 79.4 Å². The molecule has 0 amide bonds. The summed E-state index contributed by atoms with van der Waals surface area (Å²) in [6, 6.07) is 0. The lowest BCUT2D eigenvalue weighted by Crippen LogP contribution is -2.70. The zero-order valence-corrected chi connectivity index (χ0v) is 14.6. The molecule has 33 heavy (non-hydrogen) atoms. The van der Waals surface area contributed by atoms with Crippen LogP contribution in [0.2, 0.25) is 0 Å². The number of rotatable bonds is 7. The van der Waals surface area contributed by atoms with Crippen molar-refractivity contribution in [3.05, 3.63) is 28.8 Å². The average molecular weight is 522 g/mol. The molecule has 0 bridgehead atoms. The lowest BCUT2D eigenvalue weighted by Gasteiger charge is -2.39. The van der Waals surface area contributed by atoms with Crippen molar-refractivity contribution in [2.45, 2.75) is 35.8 Å². The summed E-state index contributed by atoms with van der Waals surface area (Å²) >= 11 is 0. The Morgan fingerprint density at radius 3 is 1.27 bits per heavy atom. The summed E-state index contributed by atoms with van der Waals surface area (Å²) in [5.74, 6) is -51.5. The summed E-state index contributed by atoms with van der Waals surface area (Å²) < 4.78 is 225. The summed E-state index contributed by atoms with van der Waals surface area (Å²) in [7, 11) is 0. The van der Waals surface area contributed by atoms with Crippen molar-refractivity contribution >= 4 is 0 Å². The van der Waals surface area contributed by atoms with Crippen LogP contribution in [0.5, 0.6) is 5.75 Å². The zero-order chi connectivity index (χ0) is 26.6. The molecule has 0 saturated carbocycles. The first-order valence-corrected chi connectivity index (χ1v) is 7.35. The minimum Gasteiger partial charge on any atom is -0.481 e. The molecule has 18 heteroatoms. The second-order valence-electron chi connectivity index (χ2n) is 5.89. The van der Waals surface area contributed by atoms with E-state index in [1.165, 1.54) is 0 Å². The number of ether oxygens (including phenoxy) is 1. The van der Waals surface area contributed by atoms with Crippen LogP contribution < -0.4 is 4.74 Å². The van der Waals surface area contributed by atoms with Crippen molar-refractivity contribution in [3.8, 4) is 18.1 Å². The van der Waals surface area contributed by atoms with E-state index in [1.807, 2.05) is 0 Å². The molecule has 1 aromatic carbocycles. The molecular formula is C15H3F17O. The molecule has 188 valence electrons. The molecule has 0 aliphatic heterocycles. The molecule has 0 saturated heterocycles. The molecule has 0 aliphatic carbocycles. The van der Waals surface area contributed by atoms with Crippen LogP contribution in [0.25, 0.3) is 0 Å². The van der Waals surface area contributed by atoms with Gasteiger partial charge in [-0.15, -0.1) is 6.42 Å². The van der Waals surface area contributed by atoms with Crippen LogP contribution in [-0.2, 0) is 0 Å². The molecule has 0 spiro atoms. The fourth-order valence-electron chi connectivity index (χ4n) is 1.92. The maximum absolute atomic E-state index is 13.5. The van der Waals surface area contributed by atoms with E-state index in [4.69, 9.17) is 0 Å². The van der Waals surface area contributed by atoms with Gasteiger partial charge in [-0.3, -0.25) is 0 Å². The minimum absolute atomic E-state index is 1.03. The van der Waals surface area contributed by atoms with Crippen LogP contribution in [-0.4, -0.2) is 42.4 Å². The molecule has 0 unspecified atom stereocenters. The SMILES string of the molecule is C#Cc1c(F)c(F)c(OCC(F)(F)C(F)(F)C(F)(F)C(F)(F)C(F)(F)C(F)(F)F)c(F)c1F. The summed E-state index contributed by atoms with van der Waals surface area (Å²) in [6.45, 7) is -3.58. The standard InChI is InChI=1S/C15H3F17O/c1-2-4-5(16)7(18)9(8(19)6(4)17)33-3-10(20,21)11(22,23)12(24,25)13(26,27)14(28,29)15(30,31)32/h1H,3H2. The quantitative estimate of drug-likeness (QED) is 0.231. The smallest absolute Gasteiger partial charge is 0.460 e. The van der Waals surface area contributed by atoms with Gasteiger partial charge in [0.05, 0.1) is 0 Å². The third-order valence-electron chi connectivity index (χ3n) is 3.76. The lowest BCUT2D eigenvalue weighted by atomic mass is 9.94. The molecule has 1 rings (SSSR count). The molecule has 0 atom stereocenters. The van der Waals surface area contributed by atoms with Gasteiger partial charge in [0.2, 0.25) is 11.6 Å². The summed E-state index contributed by atoms with van der Waals surface area (Å²) in [4.78, 5) is 0. The van der Waals surface area contributed by atoms with Crippen molar-refractivity contribution in [1.82, 2.24) is 0 Å². The summed E-state index contributed by atoms with van der Waals surface area (Å²) in [5, 5.41) is 0. The van der Waals surface area contributed by atoms with Gasteiger partial charge in [-0.05, 0) is 0 Å². The third-order valence-corrected chi connectivity index (χ3v) is 3.76. The first-order chi connectivity index (χ1) is 14.4. The van der Waals surface area contributed by atoms with Gasteiger partial charge in [0.25, 0.3) is 0 Å². The Hall–Kier alpha value is -2.61. The van der Waals surface area contributed by atoms with E-state index in [-0.39, 0.29) is 0 Å². The topological polar surface area (TPSA) is 9.23 Å². The van der Waals surface area contributed by atoms with Crippen LogP contribution in [0, 0.1) is 35.6 Å². The van der Waals surface area contributed by atoms with Gasteiger partial charge in [-0.2, -0.15) is 65.9 Å². The van der Waals surface area contributed by atoms with Crippen LogP contribution in [0.1, 0.15) is 5.56 Å². The van der Waals surface area contributed by atoms with E-state index in [9.17, 15) is 74.6 Å². The predicted molar refractivity (Wildman–Crippen MR) is 70.5 cm³/mol. The second-order valence-corrected chi connectivity index (χ2v) is 5.89. The number of hydrogen-bond donors (Lipinski definition) is 0. The van der Waals surface area contributed by atoms with Crippen LogP contribution in [0.3, 0.4) is 0 Å². The number of alkyl halides is 13. The van der Waals surface area contributed by atoms with Crippen molar-refractivity contribution in [1.29, 1.82) is 0 Å². The number of benzene rings is 1. The molecule has 0 fully saturated rings. The Bertz CT molecular complexity index is 924. The number of halogens is 17. The Labute approximate surface area is 170 Å². The molecular weight excluding hydrogens is 519 g/mol. The maximum Gasteiger partial charge on any atom is 0.460 e. The van der Waals surface area contributed by atoms with Crippen molar-refractivity contribution in [2.24, 2.45) is 0 Å². The Kier molecular flexibility index (Phi) is 6.90. The zero-order valence-electron chi connectivity index (χ0n) is 14.6. The molecule has 0 radical (unpaired) electrons. The van der Waals surface area contributed by atoms with E-state index in [1.54, 1.807) is 0 Å². The van der Waals surface area contributed by atoms with E-state index in [2.05, 4.69) is 11.2 Å². The molecule has 0 N–H and O–H groups in total. The maximum atomic E-state index is 13.5. The minimum atomic E-state index is -8.21. The van der Waals surface area contributed by atoms with Gasteiger partial charge in [-0.25, -0.2) is 8.78 Å². The van der Waals surface area contributed by atoms with Gasteiger partial charge in [-0.1, -0.05) is 5.92 Å². The van der Waals surface area contributed by atoms with E-state index in [0.29, 0.717) is 0 Å². The van der Waals surface area contributed by atoms with Crippen molar-refractivity contribution in [3.63, 3.8) is 0 Å². The highest BCUT2D eigenvalue weighted by Crippen LogP contribution is 2.60. The first kappa shape index (κ1) is 28.4. The third kappa shape index (κ3) is 3.98. The van der Waals surface area contributed by atoms with E-state index < -0.39 is 77.0 Å². The number of hydrogen-bond acceptors (Lipinski definition) is 1. The lowest BCUT2D eigenvalue weighted by molar-refractivity contribution is -0.440. The molecule has 1 aromatic rings. The average Bonchev–Trinajstić information content (AvgIpc) is 2.65. The van der Waals surface area contributed by atoms with Crippen molar-refractivity contribution in [2.75, 3.05) is 6.61 Å². The van der Waals surface area contributed by atoms with Gasteiger partial charge < -0.3 is 4.74 Å². The van der Waals surface area contributed by atoms with Gasteiger partial charge in [0, 0.05) is 0 Å². The normalized spacial score (nSPS) is 14.3. The summed E-state index contributed by atoms with van der Waals surface area (Å²) in [5.41, 5.74) is -1.82. The molecule has 0 heterocycles. The largest absolute Gasteiger partial charge is 0.481 e. The fraction of sp³-hybridized carbons (Fsp3) is 0.467. The molecule has 0 aliphatic rings. The molecule has 0 aromatic heterocycles. The first-order valence-electron chi connectivity index (χ1n) is 7.35. The van der Waals surface area contributed by atoms with Crippen LogP contribution in [0.15, 0.2) is 0 Å². The predicted octanol–water partition coefficient (Wildman–Crippen LogP) is 6.34. The fourth-order valence-corrected chi connectivity index (χ4v) is 1.92. The highest BCUT2D eigenvalue weighted by Gasteiger charge is 2.90. The van der Waals surface area contributed by atoms with Gasteiger partial charge in [0.1, 0.15) is 5.56 Å². The van der Waals surface area contributed by atoms with Gasteiger partial charge >= 0.3 is 35.8 Å². The highest BCUT2D eigenvalue weighted by atomic mass is 19.4. The van der Waals surface area contributed by atoms with E-state index in [0.717, 1.165) is 5.92 Å². The number of terminal acetylenes is 1. The monoisotopic (exact) mass is 522 g/mol. The Morgan fingerprint density at radius 2 is 0.939 bits per heavy atom. The molecule has 1 nitrogen and oxygen atoms in total. The highest BCUT2D eigenvalue weighted by molar-refractivity contribution is 5.42. The van der Waals surface area contributed by atoms with Crippen LogP contribution >= 0.6 is 0 Å². The Morgan fingerprint density at radius 1 is 0.576 bits per heavy atom. The Balaban J connectivity index is 3.46. The summed E-state index contributed by atoms with van der Waals surface area (Å²) in [6.07, 6.45) is -3.16. The van der Waals surface area contributed by atoms with Gasteiger partial charge in [0.15, 0.2) is 24.0 Å².